The van der Waals surface area contributed by atoms with Crippen molar-refractivity contribution in [1.29, 1.82) is 0 Å². The van der Waals surface area contributed by atoms with E-state index in [1.165, 1.54) is 17.3 Å². The van der Waals surface area contributed by atoms with Crippen LogP contribution < -0.4 is 0 Å². The normalized spacial score (nSPS) is 8.27. The Hall–Kier alpha value is -0.510. The lowest BCUT2D eigenvalue weighted by molar-refractivity contribution is -0.109. The highest BCUT2D eigenvalue weighted by atomic mass is 35.5. The van der Waals surface area contributed by atoms with Crippen LogP contribution in [0.15, 0.2) is 24.3 Å². The lowest BCUT2D eigenvalue weighted by Crippen LogP contribution is -1.78. The topological polar surface area (TPSA) is 48.6 Å². The molecule has 0 saturated heterocycles. The number of rotatable bonds is 1. The number of halogens is 1. The molecule has 4 heteroatoms. The molecule has 0 saturated carbocycles. The lowest BCUT2D eigenvalue weighted by atomic mass is 10.2. The quantitative estimate of drug-likeness (QED) is 0.767. The Balaban J connectivity index is 0. The number of carbonyl (C=O) groups is 1. The van der Waals surface area contributed by atoms with E-state index in [9.17, 15) is 4.79 Å². The molecule has 1 aromatic carbocycles. The second kappa shape index (κ2) is 10.0. The van der Waals surface area contributed by atoms with Crippen molar-refractivity contribution < 1.29 is 10.3 Å². The van der Waals surface area contributed by atoms with Crippen molar-refractivity contribution in [2.24, 2.45) is 0 Å². The number of hydrogen-bond acceptors (Lipinski definition) is 2. The number of thioether (sulfide) groups is 1. The van der Waals surface area contributed by atoms with E-state index in [1.54, 1.807) is 6.92 Å². The van der Waals surface area contributed by atoms with Crippen LogP contribution in [0.2, 0.25) is 5.02 Å². The molecule has 0 amide bonds. The van der Waals surface area contributed by atoms with Crippen LogP contribution in [0.25, 0.3) is 0 Å². The average Bonchev–Trinajstić information content (AvgIpc) is 2.03. The summed E-state index contributed by atoms with van der Waals surface area (Å²) >= 11 is 6.99. The zero-order valence-electron chi connectivity index (χ0n) is 9.21. The van der Waals surface area contributed by atoms with Crippen molar-refractivity contribution in [2.75, 3.05) is 5.75 Å². The smallest absolute Gasteiger partial charge is 0.185 e. The SMILES string of the molecule is CCSC(C)=O.Cc1cccc(Cl)c1.O. The molecular formula is C11H17ClO2S. The zero-order valence-corrected chi connectivity index (χ0v) is 10.8. The molecule has 2 N–H and O–H groups in total. The summed E-state index contributed by atoms with van der Waals surface area (Å²) < 4.78 is 0. The minimum Gasteiger partial charge on any atom is -0.412 e. The third-order valence-corrected chi connectivity index (χ3v) is 2.26. The molecule has 0 aliphatic heterocycles. The van der Waals surface area contributed by atoms with Gasteiger partial charge in [-0.25, -0.2) is 0 Å². The second-order valence-corrected chi connectivity index (χ2v) is 4.60. The minimum atomic E-state index is 0. The zero-order chi connectivity index (χ0) is 11.0. The van der Waals surface area contributed by atoms with Crippen LogP contribution in [0.1, 0.15) is 19.4 Å². The molecule has 86 valence electrons. The maximum Gasteiger partial charge on any atom is 0.185 e. The summed E-state index contributed by atoms with van der Waals surface area (Å²) in [6.45, 7) is 5.56. The highest BCUT2D eigenvalue weighted by Crippen LogP contribution is 2.08. The van der Waals surface area contributed by atoms with Crippen LogP contribution in [0.4, 0.5) is 0 Å². The van der Waals surface area contributed by atoms with Crippen LogP contribution in [0, 0.1) is 6.92 Å². The lowest BCUT2D eigenvalue weighted by Gasteiger charge is -1.88. The third-order valence-electron chi connectivity index (χ3n) is 1.33. The maximum atomic E-state index is 10.0. The predicted molar refractivity (Wildman–Crippen MR) is 68.6 cm³/mol. The van der Waals surface area contributed by atoms with Gasteiger partial charge < -0.3 is 5.48 Å². The highest BCUT2D eigenvalue weighted by Gasteiger charge is 1.84. The molecule has 0 radical (unpaired) electrons. The average molecular weight is 249 g/mol. The van der Waals surface area contributed by atoms with E-state index >= 15 is 0 Å². The highest BCUT2D eigenvalue weighted by molar-refractivity contribution is 8.13. The standard InChI is InChI=1S/C7H7Cl.C4H8OS.H2O/c1-6-3-2-4-7(8)5-6;1-3-6-4(2)5;/h2-5H,1H3;3H2,1-2H3;1H2. The Bertz CT molecular complexity index is 272. The van der Waals surface area contributed by atoms with Gasteiger partial charge in [-0.2, -0.15) is 0 Å². The van der Waals surface area contributed by atoms with Gasteiger partial charge in [-0.3, -0.25) is 4.79 Å². The molecule has 0 heterocycles. The summed E-state index contributed by atoms with van der Waals surface area (Å²) in [6.07, 6.45) is 0. The van der Waals surface area contributed by atoms with Crippen molar-refractivity contribution in [3.63, 3.8) is 0 Å². The number of aryl methyl sites for hydroxylation is 1. The molecule has 1 aromatic rings. The van der Waals surface area contributed by atoms with Crippen LogP contribution in [-0.2, 0) is 4.79 Å². The predicted octanol–water partition coefficient (Wildman–Crippen LogP) is 3.11. The van der Waals surface area contributed by atoms with Gasteiger partial charge in [0.2, 0.25) is 0 Å². The van der Waals surface area contributed by atoms with E-state index in [1.807, 2.05) is 38.1 Å². The van der Waals surface area contributed by atoms with Crippen molar-refractivity contribution in [3.8, 4) is 0 Å². The molecular weight excluding hydrogens is 232 g/mol. The Morgan fingerprint density at radius 2 is 2.07 bits per heavy atom. The summed E-state index contributed by atoms with van der Waals surface area (Å²) in [5.74, 6) is 0.898. The van der Waals surface area contributed by atoms with E-state index < -0.39 is 0 Å². The molecule has 0 fully saturated rings. The second-order valence-electron chi connectivity index (χ2n) is 2.72. The Labute approximate surface area is 100 Å². The molecule has 0 spiro atoms. The fraction of sp³-hybridized carbons (Fsp3) is 0.364. The van der Waals surface area contributed by atoms with E-state index in [4.69, 9.17) is 11.6 Å². The first kappa shape index (κ1) is 16.9. The van der Waals surface area contributed by atoms with Crippen molar-refractivity contribution in [3.05, 3.63) is 34.9 Å². The van der Waals surface area contributed by atoms with Gasteiger partial charge in [0.1, 0.15) is 0 Å². The van der Waals surface area contributed by atoms with E-state index in [0.29, 0.717) is 0 Å². The van der Waals surface area contributed by atoms with Crippen molar-refractivity contribution >= 4 is 28.5 Å². The first-order chi connectivity index (χ1) is 6.56. The van der Waals surface area contributed by atoms with Crippen LogP contribution in [0.5, 0.6) is 0 Å². The van der Waals surface area contributed by atoms with E-state index in [0.717, 1.165) is 10.8 Å². The summed E-state index contributed by atoms with van der Waals surface area (Å²) in [5.41, 5.74) is 1.21. The Kier molecular flexibility index (Phi) is 11.3. The van der Waals surface area contributed by atoms with Gasteiger partial charge >= 0.3 is 0 Å². The number of hydrogen-bond donors (Lipinski definition) is 0. The van der Waals surface area contributed by atoms with Gasteiger partial charge in [0.25, 0.3) is 0 Å². The molecule has 0 atom stereocenters. The van der Waals surface area contributed by atoms with Gasteiger partial charge in [0.05, 0.1) is 0 Å². The molecule has 0 aliphatic carbocycles. The van der Waals surface area contributed by atoms with Gasteiger partial charge in [-0.1, -0.05) is 42.4 Å². The molecule has 0 aromatic heterocycles. The summed E-state index contributed by atoms with van der Waals surface area (Å²) in [4.78, 5) is 10.0. The molecule has 0 aliphatic rings. The monoisotopic (exact) mass is 248 g/mol. The maximum absolute atomic E-state index is 10.0. The van der Waals surface area contributed by atoms with Crippen LogP contribution in [-0.4, -0.2) is 16.3 Å². The van der Waals surface area contributed by atoms with E-state index in [-0.39, 0.29) is 10.6 Å². The minimum absolute atomic E-state index is 0. The van der Waals surface area contributed by atoms with Crippen molar-refractivity contribution in [2.45, 2.75) is 20.8 Å². The molecule has 1 rings (SSSR count). The van der Waals surface area contributed by atoms with Gasteiger partial charge in [-0.05, 0) is 30.4 Å². The molecule has 2 nitrogen and oxygen atoms in total. The van der Waals surface area contributed by atoms with Crippen LogP contribution >= 0.6 is 23.4 Å². The fourth-order valence-electron chi connectivity index (χ4n) is 0.809. The molecule has 15 heavy (non-hydrogen) atoms. The largest absolute Gasteiger partial charge is 0.412 e. The third kappa shape index (κ3) is 11.4. The first-order valence-corrected chi connectivity index (χ1v) is 5.78. The van der Waals surface area contributed by atoms with Gasteiger partial charge in [0.15, 0.2) is 5.12 Å². The summed E-state index contributed by atoms with van der Waals surface area (Å²) in [7, 11) is 0. The van der Waals surface area contributed by atoms with E-state index in [2.05, 4.69) is 0 Å². The molecule has 0 bridgehead atoms. The molecule has 0 unspecified atom stereocenters. The summed E-state index contributed by atoms with van der Waals surface area (Å²) in [6, 6.07) is 7.76. The Morgan fingerprint density at radius 3 is 2.27 bits per heavy atom. The van der Waals surface area contributed by atoms with Gasteiger partial charge in [0, 0.05) is 11.9 Å². The summed E-state index contributed by atoms with van der Waals surface area (Å²) in [5, 5.41) is 1.02. The fourth-order valence-corrected chi connectivity index (χ4v) is 1.46. The van der Waals surface area contributed by atoms with Gasteiger partial charge in [-0.15, -0.1) is 0 Å². The van der Waals surface area contributed by atoms with Crippen LogP contribution in [0.3, 0.4) is 0 Å². The first-order valence-electron chi connectivity index (χ1n) is 4.41. The van der Waals surface area contributed by atoms with Crippen molar-refractivity contribution in [1.82, 2.24) is 0 Å². The Morgan fingerprint density at radius 1 is 1.47 bits per heavy atom. The number of carbonyl (C=O) groups excluding carboxylic acids is 1. The number of benzene rings is 1.